The number of hydrogen-bond donors (Lipinski definition) is 0. The van der Waals surface area contributed by atoms with Crippen LogP contribution in [0.5, 0.6) is 0 Å². The molecule has 1 aliphatic rings. The Morgan fingerprint density at radius 3 is 1.74 bits per heavy atom. The minimum Gasteiger partial charge on any atom is -0.309 e. The van der Waals surface area contributed by atoms with E-state index in [1.54, 1.807) is 0 Å². The Bertz CT molecular complexity index is 2840. The Kier molecular flexibility index (Phi) is 7.56. The van der Waals surface area contributed by atoms with Gasteiger partial charge in [0.05, 0.1) is 11.4 Å². The molecule has 0 bridgehead atoms. The molecule has 0 saturated heterocycles. The highest BCUT2D eigenvalue weighted by Gasteiger charge is 2.36. The lowest BCUT2D eigenvalue weighted by Gasteiger charge is -2.32. The molecule has 0 fully saturated rings. The molecule has 9 aromatic rings. The Balaban J connectivity index is 1.31. The Morgan fingerprint density at radius 2 is 0.944 bits per heavy atom. The molecule has 0 aromatic heterocycles. The zero-order valence-electron chi connectivity index (χ0n) is 30.5. The van der Waals surface area contributed by atoms with Gasteiger partial charge < -0.3 is 4.90 Å². The van der Waals surface area contributed by atoms with Crippen LogP contribution in [0.25, 0.3) is 66.1 Å². The predicted molar refractivity (Wildman–Crippen MR) is 230 cm³/mol. The largest absolute Gasteiger partial charge is 0.309 e. The number of hydrogen-bond acceptors (Lipinski definition) is 1. The normalized spacial score (nSPS) is 12.8. The zero-order chi connectivity index (χ0) is 36.2. The lowest BCUT2D eigenvalue weighted by molar-refractivity contribution is 0.660. The van der Waals surface area contributed by atoms with Crippen LogP contribution in [-0.4, -0.2) is 0 Å². The van der Waals surface area contributed by atoms with Crippen LogP contribution >= 0.6 is 0 Å². The van der Waals surface area contributed by atoms with E-state index in [-0.39, 0.29) is 5.41 Å². The number of fused-ring (bicyclic) bond motifs is 5. The fourth-order valence-corrected chi connectivity index (χ4v) is 8.80. The van der Waals surface area contributed by atoms with Crippen LogP contribution in [0.1, 0.15) is 25.0 Å². The van der Waals surface area contributed by atoms with E-state index in [4.69, 9.17) is 0 Å². The monoisotopic (exact) mass is 689 g/mol. The van der Waals surface area contributed by atoms with Crippen LogP contribution in [0.2, 0.25) is 0 Å². The van der Waals surface area contributed by atoms with Gasteiger partial charge in [0.15, 0.2) is 0 Å². The molecule has 0 radical (unpaired) electrons. The molecule has 0 spiro atoms. The number of rotatable bonds is 6. The summed E-state index contributed by atoms with van der Waals surface area (Å²) in [5.41, 5.74) is 15.8. The maximum absolute atomic E-state index is 2.53. The molecule has 1 heteroatoms. The third-order valence-corrected chi connectivity index (χ3v) is 11.5. The molecule has 10 rings (SSSR count). The molecule has 0 aliphatic heterocycles. The van der Waals surface area contributed by atoms with E-state index in [1.165, 1.54) is 77.2 Å². The highest BCUT2D eigenvalue weighted by atomic mass is 15.1. The first-order valence-electron chi connectivity index (χ1n) is 18.9. The first kappa shape index (κ1) is 32.0. The quantitative estimate of drug-likeness (QED) is 0.168. The standard InChI is InChI=1S/C53H39N/c1-53(2)48-27-14-13-25-44(48)45-31-30-41(35-49(45)53)54(50-32-29-40(36-16-5-3-6-17-36)34-47(50)38-18-7-4-8-19-38)51-33-28-39-21-10-12-24-43(39)52(51)46-26-15-22-37-20-9-11-23-42(37)46/h3-35H,1-2H3. The molecule has 1 aliphatic carbocycles. The molecule has 0 atom stereocenters. The molecule has 54 heavy (non-hydrogen) atoms. The van der Waals surface area contributed by atoms with Gasteiger partial charge in [0, 0.05) is 22.2 Å². The van der Waals surface area contributed by atoms with Gasteiger partial charge in [-0.2, -0.15) is 0 Å². The lowest BCUT2D eigenvalue weighted by Crippen LogP contribution is -2.17. The fourth-order valence-electron chi connectivity index (χ4n) is 8.80. The highest BCUT2D eigenvalue weighted by Crippen LogP contribution is 2.53. The van der Waals surface area contributed by atoms with Gasteiger partial charge in [-0.25, -0.2) is 0 Å². The van der Waals surface area contributed by atoms with E-state index in [1.807, 2.05) is 0 Å². The van der Waals surface area contributed by atoms with Crippen molar-refractivity contribution in [3.8, 4) is 44.5 Å². The third-order valence-electron chi connectivity index (χ3n) is 11.5. The van der Waals surface area contributed by atoms with Crippen molar-refractivity contribution in [3.63, 3.8) is 0 Å². The van der Waals surface area contributed by atoms with Crippen molar-refractivity contribution < 1.29 is 0 Å². The molecule has 0 N–H and O–H groups in total. The van der Waals surface area contributed by atoms with E-state index in [9.17, 15) is 0 Å². The number of anilines is 3. The first-order chi connectivity index (χ1) is 26.6. The van der Waals surface area contributed by atoms with Crippen molar-refractivity contribution in [2.45, 2.75) is 19.3 Å². The summed E-state index contributed by atoms with van der Waals surface area (Å²) in [6.45, 7) is 4.74. The van der Waals surface area contributed by atoms with E-state index in [0.29, 0.717) is 0 Å². The van der Waals surface area contributed by atoms with Crippen LogP contribution in [0.3, 0.4) is 0 Å². The summed E-state index contributed by atoms with van der Waals surface area (Å²) in [6, 6.07) is 73.6. The van der Waals surface area contributed by atoms with Crippen molar-refractivity contribution in [1.29, 1.82) is 0 Å². The van der Waals surface area contributed by atoms with Gasteiger partial charge in [-0.1, -0.05) is 184 Å². The Morgan fingerprint density at radius 1 is 0.352 bits per heavy atom. The molecular weight excluding hydrogens is 651 g/mol. The zero-order valence-corrected chi connectivity index (χ0v) is 30.5. The van der Waals surface area contributed by atoms with Gasteiger partial charge in [0.2, 0.25) is 0 Å². The summed E-state index contributed by atoms with van der Waals surface area (Å²) in [7, 11) is 0. The second-order valence-electron chi connectivity index (χ2n) is 14.9. The molecule has 0 unspecified atom stereocenters. The summed E-state index contributed by atoms with van der Waals surface area (Å²) >= 11 is 0. The van der Waals surface area contributed by atoms with Crippen molar-refractivity contribution in [2.24, 2.45) is 0 Å². The van der Waals surface area contributed by atoms with Crippen molar-refractivity contribution in [1.82, 2.24) is 0 Å². The molecule has 256 valence electrons. The lowest BCUT2D eigenvalue weighted by atomic mass is 9.82. The van der Waals surface area contributed by atoms with Gasteiger partial charge in [0.25, 0.3) is 0 Å². The van der Waals surface area contributed by atoms with Gasteiger partial charge in [-0.05, 0) is 96.4 Å². The number of benzene rings is 9. The van der Waals surface area contributed by atoms with Gasteiger partial charge in [-0.15, -0.1) is 0 Å². The maximum atomic E-state index is 2.53. The minimum absolute atomic E-state index is 0.144. The molecular formula is C53H39N. The third kappa shape index (κ3) is 5.16. The van der Waals surface area contributed by atoms with E-state index in [2.05, 4.69) is 219 Å². The Labute approximate surface area is 317 Å². The molecule has 0 heterocycles. The van der Waals surface area contributed by atoms with Crippen LogP contribution < -0.4 is 4.90 Å². The van der Waals surface area contributed by atoms with Crippen LogP contribution in [0.4, 0.5) is 17.1 Å². The molecule has 0 saturated carbocycles. The summed E-state index contributed by atoms with van der Waals surface area (Å²) in [6.07, 6.45) is 0. The fraction of sp³-hybridized carbons (Fsp3) is 0.0566. The van der Waals surface area contributed by atoms with Crippen molar-refractivity contribution in [2.75, 3.05) is 4.90 Å². The van der Waals surface area contributed by atoms with E-state index < -0.39 is 0 Å². The van der Waals surface area contributed by atoms with E-state index >= 15 is 0 Å². The molecule has 0 amide bonds. The van der Waals surface area contributed by atoms with Crippen molar-refractivity contribution >= 4 is 38.6 Å². The summed E-state index contributed by atoms with van der Waals surface area (Å²) in [5.74, 6) is 0. The summed E-state index contributed by atoms with van der Waals surface area (Å²) in [5, 5.41) is 4.92. The second kappa shape index (κ2) is 12.8. The number of nitrogens with zero attached hydrogens (tertiary/aromatic N) is 1. The average molecular weight is 690 g/mol. The Hall–Kier alpha value is -6.70. The average Bonchev–Trinajstić information content (AvgIpc) is 3.46. The molecule has 9 aromatic carbocycles. The van der Waals surface area contributed by atoms with E-state index in [0.717, 1.165) is 17.1 Å². The van der Waals surface area contributed by atoms with Crippen LogP contribution in [-0.2, 0) is 5.41 Å². The second-order valence-corrected chi connectivity index (χ2v) is 14.9. The van der Waals surface area contributed by atoms with Gasteiger partial charge >= 0.3 is 0 Å². The maximum Gasteiger partial charge on any atom is 0.0546 e. The summed E-state index contributed by atoms with van der Waals surface area (Å²) < 4.78 is 0. The first-order valence-corrected chi connectivity index (χ1v) is 18.9. The smallest absolute Gasteiger partial charge is 0.0546 e. The van der Waals surface area contributed by atoms with Gasteiger partial charge in [-0.3, -0.25) is 0 Å². The topological polar surface area (TPSA) is 3.24 Å². The van der Waals surface area contributed by atoms with Crippen LogP contribution in [0.15, 0.2) is 200 Å². The predicted octanol–water partition coefficient (Wildman–Crippen LogP) is 14.8. The SMILES string of the molecule is CC1(C)c2ccccc2-c2ccc(N(c3ccc(-c4ccccc4)cc3-c3ccccc3)c3ccc4ccccc4c3-c3cccc4ccccc34)cc21. The minimum atomic E-state index is -0.144. The highest BCUT2D eigenvalue weighted by molar-refractivity contribution is 6.12. The van der Waals surface area contributed by atoms with Gasteiger partial charge in [0.1, 0.15) is 0 Å². The van der Waals surface area contributed by atoms with Crippen LogP contribution in [0, 0.1) is 0 Å². The summed E-state index contributed by atoms with van der Waals surface area (Å²) in [4.78, 5) is 2.53. The van der Waals surface area contributed by atoms with Crippen molar-refractivity contribution in [3.05, 3.63) is 211 Å². The molecule has 1 nitrogen and oxygen atoms in total.